The van der Waals surface area contributed by atoms with Gasteiger partial charge in [-0.1, -0.05) is 13.8 Å². The van der Waals surface area contributed by atoms with Crippen molar-refractivity contribution in [2.75, 3.05) is 31.5 Å². The molecule has 1 aliphatic heterocycles. The van der Waals surface area contributed by atoms with Gasteiger partial charge >= 0.3 is 0 Å². The molecule has 26 heavy (non-hydrogen) atoms. The van der Waals surface area contributed by atoms with Crippen molar-refractivity contribution in [1.82, 2.24) is 19.8 Å². The second-order valence-electron chi connectivity index (χ2n) is 8.45. The van der Waals surface area contributed by atoms with Gasteiger partial charge in [-0.15, -0.1) is 0 Å². The summed E-state index contributed by atoms with van der Waals surface area (Å²) in [5, 5.41) is 3.16. The fraction of sp³-hybridized carbons (Fsp3) is 0.750. The Labute approximate surface area is 157 Å². The average molecular weight is 360 g/mol. The first kappa shape index (κ1) is 19.1. The van der Waals surface area contributed by atoms with Crippen LogP contribution in [0.3, 0.4) is 0 Å². The van der Waals surface area contributed by atoms with Crippen molar-refractivity contribution in [1.29, 1.82) is 0 Å². The van der Waals surface area contributed by atoms with Crippen molar-refractivity contribution in [2.24, 2.45) is 11.8 Å². The molecule has 6 nitrogen and oxygen atoms in total. The Morgan fingerprint density at radius 2 is 1.88 bits per heavy atom. The number of amides is 1. The molecular formula is C20H33N5O. The van der Waals surface area contributed by atoms with E-state index in [9.17, 15) is 4.79 Å². The number of aromatic nitrogens is 2. The van der Waals surface area contributed by atoms with E-state index < -0.39 is 0 Å². The van der Waals surface area contributed by atoms with Crippen LogP contribution in [-0.2, 0) is 0 Å². The van der Waals surface area contributed by atoms with Crippen molar-refractivity contribution < 1.29 is 4.79 Å². The highest BCUT2D eigenvalue weighted by Crippen LogP contribution is 2.32. The van der Waals surface area contributed by atoms with Crippen molar-refractivity contribution in [2.45, 2.75) is 59.0 Å². The first-order chi connectivity index (χ1) is 12.4. The Balaban J connectivity index is 1.67. The number of hydrogen-bond acceptors (Lipinski definition) is 5. The van der Waals surface area contributed by atoms with Gasteiger partial charge in [0.05, 0.1) is 5.56 Å². The van der Waals surface area contributed by atoms with Gasteiger partial charge < -0.3 is 10.2 Å². The van der Waals surface area contributed by atoms with Gasteiger partial charge in [-0.05, 0) is 44.9 Å². The van der Waals surface area contributed by atoms with Gasteiger partial charge in [0.2, 0.25) is 5.95 Å². The maximum absolute atomic E-state index is 13.0. The number of carbonyl (C=O) groups is 1. The lowest BCUT2D eigenvalue weighted by molar-refractivity contribution is 0.0703. The first-order valence-electron chi connectivity index (χ1n) is 10.1. The standard InChI is InChI=1S/C20H33N5O/c1-14(2)18-13-25(9-5-8-24(18)12-16-6-7-16)19(26)17-10-21-20(22-11-17)23-15(3)4/h10-11,14-16,18H,5-9,12-13H2,1-4H3,(H,21,22,23). The Bertz CT molecular complexity index is 597. The first-order valence-corrected chi connectivity index (χ1v) is 10.1. The second-order valence-corrected chi connectivity index (χ2v) is 8.45. The molecule has 1 amide bonds. The van der Waals surface area contributed by atoms with E-state index in [-0.39, 0.29) is 11.9 Å². The number of nitrogens with zero attached hydrogens (tertiary/aromatic N) is 4. The molecular weight excluding hydrogens is 326 g/mol. The lowest BCUT2D eigenvalue weighted by atomic mass is 10.0. The molecule has 2 fully saturated rings. The lowest BCUT2D eigenvalue weighted by Gasteiger charge is -2.34. The fourth-order valence-electron chi connectivity index (χ4n) is 3.69. The molecule has 1 saturated heterocycles. The minimum Gasteiger partial charge on any atom is -0.352 e. The molecule has 2 heterocycles. The van der Waals surface area contributed by atoms with Gasteiger partial charge in [-0.2, -0.15) is 0 Å². The van der Waals surface area contributed by atoms with Crippen LogP contribution in [0.1, 0.15) is 57.3 Å². The van der Waals surface area contributed by atoms with E-state index >= 15 is 0 Å². The van der Waals surface area contributed by atoms with Crippen LogP contribution in [-0.4, -0.2) is 63.9 Å². The van der Waals surface area contributed by atoms with Crippen LogP contribution in [0.5, 0.6) is 0 Å². The molecule has 1 saturated carbocycles. The minimum atomic E-state index is 0.0556. The van der Waals surface area contributed by atoms with Crippen molar-refractivity contribution in [3.8, 4) is 0 Å². The van der Waals surface area contributed by atoms with Crippen molar-refractivity contribution >= 4 is 11.9 Å². The van der Waals surface area contributed by atoms with E-state index in [1.54, 1.807) is 12.4 Å². The molecule has 0 spiro atoms. The van der Waals surface area contributed by atoms with Crippen molar-refractivity contribution in [3.05, 3.63) is 18.0 Å². The van der Waals surface area contributed by atoms with Crippen LogP contribution in [0.25, 0.3) is 0 Å². The summed E-state index contributed by atoms with van der Waals surface area (Å²) in [6, 6.07) is 0.705. The number of nitrogens with one attached hydrogen (secondary N) is 1. The molecule has 1 unspecified atom stereocenters. The second kappa shape index (κ2) is 8.33. The number of hydrogen-bond donors (Lipinski definition) is 1. The summed E-state index contributed by atoms with van der Waals surface area (Å²) >= 11 is 0. The molecule has 1 N–H and O–H groups in total. The zero-order valence-corrected chi connectivity index (χ0v) is 16.6. The molecule has 1 aliphatic carbocycles. The summed E-state index contributed by atoms with van der Waals surface area (Å²) in [5.41, 5.74) is 0.581. The predicted octanol–water partition coefficient (Wildman–Crippen LogP) is 2.88. The van der Waals surface area contributed by atoms with Crippen molar-refractivity contribution in [3.63, 3.8) is 0 Å². The molecule has 1 aromatic heterocycles. The van der Waals surface area contributed by atoms with Gasteiger partial charge in [-0.25, -0.2) is 9.97 Å². The van der Waals surface area contributed by atoms with E-state index in [1.165, 1.54) is 19.4 Å². The Morgan fingerprint density at radius 1 is 1.19 bits per heavy atom. The van der Waals surface area contributed by atoms with E-state index in [1.807, 2.05) is 18.7 Å². The lowest BCUT2D eigenvalue weighted by Crippen LogP contribution is -2.46. The predicted molar refractivity (Wildman–Crippen MR) is 104 cm³/mol. The third-order valence-corrected chi connectivity index (χ3v) is 5.31. The average Bonchev–Trinajstić information content (AvgIpc) is 3.42. The van der Waals surface area contributed by atoms with Crippen LogP contribution in [0.15, 0.2) is 12.4 Å². The number of anilines is 1. The summed E-state index contributed by atoms with van der Waals surface area (Å²) in [7, 11) is 0. The normalized spacial score (nSPS) is 21.9. The van der Waals surface area contributed by atoms with E-state index in [0.29, 0.717) is 23.5 Å². The maximum atomic E-state index is 13.0. The van der Waals surface area contributed by atoms with Crippen LogP contribution in [0.4, 0.5) is 5.95 Å². The molecule has 144 valence electrons. The quantitative estimate of drug-likeness (QED) is 0.846. The van der Waals surface area contributed by atoms with Crippen LogP contribution in [0.2, 0.25) is 0 Å². The summed E-state index contributed by atoms with van der Waals surface area (Å²) < 4.78 is 0. The highest BCUT2D eigenvalue weighted by molar-refractivity contribution is 5.93. The Morgan fingerprint density at radius 3 is 2.46 bits per heavy atom. The molecule has 1 atom stereocenters. The molecule has 0 aromatic carbocycles. The monoisotopic (exact) mass is 359 g/mol. The molecule has 2 aliphatic rings. The van der Waals surface area contributed by atoms with E-state index in [4.69, 9.17) is 0 Å². The zero-order valence-electron chi connectivity index (χ0n) is 16.6. The SMILES string of the molecule is CC(C)Nc1ncc(C(=O)N2CCCN(CC3CC3)C(C(C)C)C2)cn1. The minimum absolute atomic E-state index is 0.0556. The van der Waals surface area contributed by atoms with Crippen LogP contribution >= 0.6 is 0 Å². The number of rotatable bonds is 6. The van der Waals surface area contributed by atoms with Gasteiger partial charge in [0.1, 0.15) is 0 Å². The maximum Gasteiger partial charge on any atom is 0.257 e. The van der Waals surface area contributed by atoms with Gasteiger partial charge in [0.25, 0.3) is 5.91 Å². The van der Waals surface area contributed by atoms with E-state index in [2.05, 4.69) is 34.0 Å². The molecule has 0 bridgehead atoms. The summed E-state index contributed by atoms with van der Waals surface area (Å²) in [6.07, 6.45) is 7.08. The van der Waals surface area contributed by atoms with Gasteiger partial charge in [0, 0.05) is 50.7 Å². The molecule has 6 heteroatoms. The fourth-order valence-corrected chi connectivity index (χ4v) is 3.69. The van der Waals surface area contributed by atoms with Crippen LogP contribution < -0.4 is 5.32 Å². The summed E-state index contributed by atoms with van der Waals surface area (Å²) in [5.74, 6) is 2.05. The smallest absolute Gasteiger partial charge is 0.257 e. The van der Waals surface area contributed by atoms with Gasteiger partial charge in [-0.3, -0.25) is 9.69 Å². The number of carbonyl (C=O) groups excluding carboxylic acids is 1. The Kier molecular flexibility index (Phi) is 6.12. The topological polar surface area (TPSA) is 61.4 Å². The molecule has 0 radical (unpaired) electrons. The zero-order chi connectivity index (χ0) is 18.7. The third kappa shape index (κ3) is 4.93. The Hall–Kier alpha value is -1.69. The summed E-state index contributed by atoms with van der Waals surface area (Å²) in [6.45, 7) is 12.5. The van der Waals surface area contributed by atoms with Crippen LogP contribution in [0, 0.1) is 11.8 Å². The molecule has 3 rings (SSSR count). The summed E-state index contributed by atoms with van der Waals surface area (Å²) in [4.78, 5) is 26.2. The largest absolute Gasteiger partial charge is 0.352 e. The van der Waals surface area contributed by atoms with E-state index in [0.717, 1.165) is 32.0 Å². The van der Waals surface area contributed by atoms with Gasteiger partial charge in [0.15, 0.2) is 0 Å². The highest BCUT2D eigenvalue weighted by Gasteiger charge is 2.33. The highest BCUT2D eigenvalue weighted by atomic mass is 16.2. The third-order valence-electron chi connectivity index (χ3n) is 5.31. The molecule has 1 aromatic rings.